The fourth-order valence-corrected chi connectivity index (χ4v) is 1.02. The molecule has 1 rings (SSSR count). The molecule has 76 valence electrons. The van der Waals surface area contributed by atoms with Crippen LogP contribution in [0, 0.1) is 12.7 Å². The minimum Gasteiger partial charge on any atom is -0.274 e. The van der Waals surface area contributed by atoms with Gasteiger partial charge in [-0.05, 0) is 25.5 Å². The highest BCUT2D eigenvalue weighted by molar-refractivity contribution is 5.93. The summed E-state index contributed by atoms with van der Waals surface area (Å²) in [5.41, 5.74) is 2.58. The Hall–Kier alpha value is -1.42. The van der Waals surface area contributed by atoms with Crippen LogP contribution in [-0.2, 0) is 4.84 Å². The molecule has 1 aromatic rings. The van der Waals surface area contributed by atoms with Crippen LogP contribution in [0.3, 0.4) is 0 Å². The zero-order valence-corrected chi connectivity index (χ0v) is 8.13. The highest BCUT2D eigenvalue weighted by atomic mass is 19.1. The fraction of sp³-hybridized carbons (Fsp3) is 0.300. The molecule has 0 bridgehead atoms. The van der Waals surface area contributed by atoms with Crippen LogP contribution in [0.15, 0.2) is 18.2 Å². The third-order valence-corrected chi connectivity index (χ3v) is 1.75. The molecule has 1 aromatic carbocycles. The molecule has 0 radical (unpaired) electrons. The molecule has 0 aliphatic heterocycles. The third-order valence-electron chi connectivity index (χ3n) is 1.75. The van der Waals surface area contributed by atoms with Gasteiger partial charge in [0.1, 0.15) is 5.82 Å². The molecule has 0 spiro atoms. The van der Waals surface area contributed by atoms with Crippen LogP contribution in [0.5, 0.6) is 0 Å². The summed E-state index contributed by atoms with van der Waals surface area (Å²) in [4.78, 5) is 16.0. The van der Waals surface area contributed by atoms with E-state index in [1.165, 1.54) is 6.07 Å². The number of hydrogen-bond acceptors (Lipinski definition) is 2. The van der Waals surface area contributed by atoms with Gasteiger partial charge in [0.15, 0.2) is 0 Å². The summed E-state index contributed by atoms with van der Waals surface area (Å²) >= 11 is 0. The molecule has 0 saturated carbocycles. The van der Waals surface area contributed by atoms with Gasteiger partial charge in [-0.15, -0.1) is 0 Å². The Kier molecular flexibility index (Phi) is 3.59. The Labute approximate surface area is 81.8 Å². The molecule has 0 heterocycles. The smallest absolute Gasteiger partial charge is 0.274 e. The maximum absolute atomic E-state index is 13.4. The Balaban J connectivity index is 2.84. The molecule has 0 aliphatic rings. The van der Waals surface area contributed by atoms with E-state index in [9.17, 15) is 9.18 Å². The zero-order valence-electron chi connectivity index (χ0n) is 8.13. The van der Waals surface area contributed by atoms with Crippen molar-refractivity contribution in [1.82, 2.24) is 5.48 Å². The summed E-state index contributed by atoms with van der Waals surface area (Å²) in [5.74, 6) is -1.07. The van der Waals surface area contributed by atoms with E-state index in [2.05, 4.69) is 10.3 Å². The van der Waals surface area contributed by atoms with Crippen molar-refractivity contribution in [2.24, 2.45) is 0 Å². The lowest BCUT2D eigenvalue weighted by Gasteiger charge is -2.05. The van der Waals surface area contributed by atoms with E-state index in [-0.39, 0.29) is 5.56 Å². The van der Waals surface area contributed by atoms with Crippen molar-refractivity contribution >= 4 is 5.91 Å². The van der Waals surface area contributed by atoms with E-state index in [1.54, 1.807) is 26.0 Å². The average Bonchev–Trinajstić information content (AvgIpc) is 2.18. The maximum Gasteiger partial charge on any atom is 0.277 e. The van der Waals surface area contributed by atoms with Crippen molar-refractivity contribution in [3.05, 3.63) is 35.1 Å². The van der Waals surface area contributed by atoms with Crippen molar-refractivity contribution < 1.29 is 14.0 Å². The number of aryl methyl sites for hydroxylation is 1. The van der Waals surface area contributed by atoms with Crippen molar-refractivity contribution in [3.63, 3.8) is 0 Å². The molecule has 4 heteroatoms. The predicted molar refractivity (Wildman–Crippen MR) is 50.2 cm³/mol. The van der Waals surface area contributed by atoms with Crippen LogP contribution >= 0.6 is 0 Å². The molecule has 1 amide bonds. The number of hydrogen-bond donors (Lipinski definition) is 1. The number of carbonyl (C=O) groups is 1. The lowest BCUT2D eigenvalue weighted by atomic mass is 10.1. The lowest BCUT2D eigenvalue weighted by molar-refractivity contribution is 0.0361. The first-order valence-corrected chi connectivity index (χ1v) is 4.34. The fourth-order valence-electron chi connectivity index (χ4n) is 1.02. The number of benzene rings is 1. The van der Waals surface area contributed by atoms with E-state index in [4.69, 9.17) is 0 Å². The molecule has 0 aliphatic carbocycles. The second kappa shape index (κ2) is 4.72. The molecule has 3 nitrogen and oxygen atoms in total. The number of halogens is 1. The Morgan fingerprint density at radius 1 is 1.57 bits per heavy atom. The van der Waals surface area contributed by atoms with Gasteiger partial charge in [0, 0.05) is 0 Å². The molecular formula is C10H12FNO2. The van der Waals surface area contributed by atoms with Gasteiger partial charge < -0.3 is 0 Å². The van der Waals surface area contributed by atoms with Gasteiger partial charge in [-0.2, -0.15) is 0 Å². The summed E-state index contributed by atoms with van der Waals surface area (Å²) < 4.78 is 13.4. The van der Waals surface area contributed by atoms with E-state index < -0.39 is 11.7 Å². The molecular weight excluding hydrogens is 185 g/mol. The molecule has 0 saturated heterocycles. The van der Waals surface area contributed by atoms with Crippen molar-refractivity contribution in [2.75, 3.05) is 6.61 Å². The van der Waals surface area contributed by atoms with Gasteiger partial charge in [0.25, 0.3) is 5.91 Å². The number of hydroxylamine groups is 1. The monoisotopic (exact) mass is 197 g/mol. The maximum atomic E-state index is 13.4. The predicted octanol–water partition coefficient (Wildman–Crippen LogP) is 1.82. The topological polar surface area (TPSA) is 38.3 Å². The third kappa shape index (κ3) is 2.29. The molecule has 1 N–H and O–H groups in total. The Morgan fingerprint density at radius 2 is 2.29 bits per heavy atom. The second-order valence-electron chi connectivity index (χ2n) is 2.80. The van der Waals surface area contributed by atoms with E-state index in [0.29, 0.717) is 12.2 Å². The van der Waals surface area contributed by atoms with Gasteiger partial charge in [-0.1, -0.05) is 12.1 Å². The van der Waals surface area contributed by atoms with Gasteiger partial charge in [0.05, 0.1) is 12.2 Å². The second-order valence-corrected chi connectivity index (χ2v) is 2.80. The molecule has 0 fully saturated rings. The summed E-state index contributed by atoms with van der Waals surface area (Å²) in [7, 11) is 0. The van der Waals surface area contributed by atoms with Gasteiger partial charge in [-0.25, -0.2) is 9.87 Å². The summed E-state index contributed by atoms with van der Waals surface area (Å²) in [6, 6.07) is 4.64. The van der Waals surface area contributed by atoms with Crippen molar-refractivity contribution in [1.29, 1.82) is 0 Å². The summed E-state index contributed by atoms with van der Waals surface area (Å²) in [6.45, 7) is 3.68. The first-order chi connectivity index (χ1) is 6.66. The SMILES string of the molecule is CCONC(=O)c1cccc(C)c1F. The first-order valence-electron chi connectivity index (χ1n) is 4.34. The minimum absolute atomic E-state index is 0.00144. The minimum atomic E-state index is -0.562. The van der Waals surface area contributed by atoms with E-state index in [0.717, 1.165) is 0 Å². The van der Waals surface area contributed by atoms with Crippen LogP contribution < -0.4 is 5.48 Å². The highest BCUT2D eigenvalue weighted by Gasteiger charge is 2.12. The Bertz CT molecular complexity index is 339. The number of amides is 1. The number of carbonyl (C=O) groups excluding carboxylic acids is 1. The largest absolute Gasteiger partial charge is 0.277 e. The van der Waals surface area contributed by atoms with Crippen LogP contribution in [0.1, 0.15) is 22.8 Å². The van der Waals surface area contributed by atoms with E-state index in [1.807, 2.05) is 0 Å². The summed E-state index contributed by atoms with van der Waals surface area (Å²) in [6.07, 6.45) is 0. The Morgan fingerprint density at radius 3 is 2.93 bits per heavy atom. The van der Waals surface area contributed by atoms with Crippen molar-refractivity contribution in [3.8, 4) is 0 Å². The lowest BCUT2D eigenvalue weighted by Crippen LogP contribution is -2.24. The number of rotatable bonds is 3. The highest BCUT2D eigenvalue weighted by Crippen LogP contribution is 2.11. The first kappa shape index (κ1) is 10.7. The molecule has 14 heavy (non-hydrogen) atoms. The normalized spacial score (nSPS) is 9.93. The van der Waals surface area contributed by atoms with Crippen LogP contribution in [0.4, 0.5) is 4.39 Å². The van der Waals surface area contributed by atoms with Gasteiger partial charge >= 0.3 is 0 Å². The van der Waals surface area contributed by atoms with Crippen LogP contribution in [0.2, 0.25) is 0 Å². The van der Waals surface area contributed by atoms with Crippen LogP contribution in [0.25, 0.3) is 0 Å². The standard InChI is InChI=1S/C10H12FNO2/c1-3-14-12-10(13)8-6-4-5-7(2)9(8)11/h4-6H,3H2,1-2H3,(H,12,13). The van der Waals surface area contributed by atoms with Gasteiger partial charge in [0.2, 0.25) is 0 Å². The summed E-state index contributed by atoms with van der Waals surface area (Å²) in [5, 5.41) is 0. The molecule has 0 unspecified atom stereocenters. The average molecular weight is 197 g/mol. The zero-order chi connectivity index (χ0) is 10.6. The van der Waals surface area contributed by atoms with E-state index >= 15 is 0 Å². The quantitative estimate of drug-likeness (QED) is 0.750. The molecule has 0 aromatic heterocycles. The van der Waals surface area contributed by atoms with Crippen molar-refractivity contribution in [2.45, 2.75) is 13.8 Å². The molecule has 0 atom stereocenters. The van der Waals surface area contributed by atoms with Crippen LogP contribution in [-0.4, -0.2) is 12.5 Å². The van der Waals surface area contributed by atoms with Gasteiger partial charge in [-0.3, -0.25) is 9.63 Å². The number of nitrogens with one attached hydrogen (secondary N) is 1.